The highest BCUT2D eigenvalue weighted by Crippen LogP contribution is 2.22. The Bertz CT molecular complexity index is 477. The molecule has 5 nitrogen and oxygen atoms in total. The van der Waals surface area contributed by atoms with Crippen LogP contribution in [-0.4, -0.2) is 25.5 Å². The molecule has 1 amide bonds. The van der Waals surface area contributed by atoms with Crippen molar-refractivity contribution in [3.63, 3.8) is 0 Å². The number of methoxy groups -OCH3 is 1. The molecule has 0 saturated carbocycles. The van der Waals surface area contributed by atoms with E-state index in [0.29, 0.717) is 23.6 Å². The van der Waals surface area contributed by atoms with Crippen LogP contribution in [0, 0.1) is 0 Å². The highest BCUT2D eigenvalue weighted by atomic mass is 35.5. The Labute approximate surface area is 123 Å². The van der Waals surface area contributed by atoms with E-state index >= 15 is 0 Å². The number of amides is 1. The summed E-state index contributed by atoms with van der Waals surface area (Å²) in [6, 6.07) is 4.96. The molecule has 1 rings (SSSR count). The van der Waals surface area contributed by atoms with E-state index in [1.165, 1.54) is 7.11 Å². The number of carbonyl (C=O) groups is 2. The van der Waals surface area contributed by atoms with Gasteiger partial charge >= 0.3 is 5.97 Å². The van der Waals surface area contributed by atoms with Crippen LogP contribution in [-0.2, 0) is 9.53 Å². The van der Waals surface area contributed by atoms with E-state index < -0.39 is 0 Å². The second kappa shape index (κ2) is 8.43. The number of esters is 1. The maximum Gasteiger partial charge on any atom is 0.305 e. The number of hydrogen-bond acceptors (Lipinski definition) is 4. The number of halogens is 1. The number of ether oxygens (including phenoxy) is 1. The molecule has 0 heterocycles. The van der Waals surface area contributed by atoms with Crippen LogP contribution in [0.5, 0.6) is 0 Å². The van der Waals surface area contributed by atoms with Gasteiger partial charge in [-0.2, -0.15) is 0 Å². The lowest BCUT2D eigenvalue weighted by atomic mass is 10.1. The number of para-hydroxylation sites is 1. The Balaban J connectivity index is 2.27. The Morgan fingerprint density at radius 2 is 2.05 bits per heavy atom. The van der Waals surface area contributed by atoms with Crippen molar-refractivity contribution in [2.24, 2.45) is 0 Å². The number of rotatable bonds is 7. The molecule has 0 aliphatic carbocycles. The van der Waals surface area contributed by atoms with Crippen molar-refractivity contribution in [1.82, 2.24) is 5.32 Å². The summed E-state index contributed by atoms with van der Waals surface area (Å²) in [6.07, 6.45) is 2.80. The molecule has 0 bridgehead atoms. The lowest BCUT2D eigenvalue weighted by molar-refractivity contribution is -0.140. The number of hydrogen-bond donors (Lipinski definition) is 2. The van der Waals surface area contributed by atoms with Crippen molar-refractivity contribution >= 4 is 29.2 Å². The van der Waals surface area contributed by atoms with Crippen molar-refractivity contribution < 1.29 is 14.3 Å². The summed E-state index contributed by atoms with van der Waals surface area (Å²) in [5, 5.41) is 3.15. The number of nitrogens with one attached hydrogen (secondary N) is 1. The quantitative estimate of drug-likeness (QED) is 0.460. The Kier molecular flexibility index (Phi) is 6.87. The van der Waals surface area contributed by atoms with Crippen molar-refractivity contribution in [1.29, 1.82) is 0 Å². The summed E-state index contributed by atoms with van der Waals surface area (Å²) in [6.45, 7) is 0.534. The molecule has 0 radical (unpaired) electrons. The zero-order valence-corrected chi connectivity index (χ0v) is 12.2. The third-order valence-electron chi connectivity index (χ3n) is 2.87. The number of nitrogen functional groups attached to an aromatic ring is 1. The topological polar surface area (TPSA) is 81.4 Å². The summed E-state index contributed by atoms with van der Waals surface area (Å²) in [7, 11) is 1.37. The van der Waals surface area contributed by atoms with Gasteiger partial charge in [-0.15, -0.1) is 0 Å². The van der Waals surface area contributed by atoms with Gasteiger partial charge in [0.25, 0.3) is 5.91 Å². The molecule has 0 atom stereocenters. The molecule has 0 unspecified atom stereocenters. The zero-order valence-electron chi connectivity index (χ0n) is 11.4. The molecular weight excluding hydrogens is 280 g/mol. The van der Waals surface area contributed by atoms with Crippen molar-refractivity contribution in [2.75, 3.05) is 19.4 Å². The molecule has 0 fully saturated rings. The molecule has 0 saturated heterocycles. The molecule has 20 heavy (non-hydrogen) atoms. The number of unbranched alkanes of at least 4 members (excludes halogenated alkanes) is 2. The number of benzene rings is 1. The van der Waals surface area contributed by atoms with Crippen molar-refractivity contribution in [3.05, 3.63) is 28.8 Å². The lowest BCUT2D eigenvalue weighted by Crippen LogP contribution is -2.25. The van der Waals surface area contributed by atoms with E-state index in [9.17, 15) is 9.59 Å². The second-order valence-corrected chi connectivity index (χ2v) is 4.75. The predicted molar refractivity (Wildman–Crippen MR) is 78.7 cm³/mol. The maximum absolute atomic E-state index is 11.9. The average Bonchev–Trinajstić information content (AvgIpc) is 2.44. The highest BCUT2D eigenvalue weighted by Gasteiger charge is 2.10. The largest absolute Gasteiger partial charge is 0.469 e. The molecule has 0 spiro atoms. The molecule has 6 heteroatoms. The zero-order chi connectivity index (χ0) is 15.0. The van der Waals surface area contributed by atoms with E-state index in [0.717, 1.165) is 19.3 Å². The molecule has 0 aliphatic rings. The Morgan fingerprint density at radius 3 is 2.75 bits per heavy atom. The fraction of sp³-hybridized carbons (Fsp3) is 0.429. The van der Waals surface area contributed by atoms with Gasteiger partial charge in [-0.25, -0.2) is 0 Å². The van der Waals surface area contributed by atoms with Gasteiger partial charge in [0.2, 0.25) is 0 Å². The summed E-state index contributed by atoms with van der Waals surface area (Å²) >= 11 is 5.86. The van der Waals surface area contributed by atoms with Crippen LogP contribution in [0.15, 0.2) is 18.2 Å². The van der Waals surface area contributed by atoms with E-state index in [1.54, 1.807) is 18.2 Å². The average molecular weight is 299 g/mol. The molecular formula is C14H19ClN2O3. The van der Waals surface area contributed by atoms with Crippen LogP contribution in [0.2, 0.25) is 5.02 Å². The van der Waals surface area contributed by atoms with E-state index in [1.807, 2.05) is 0 Å². The smallest absolute Gasteiger partial charge is 0.305 e. The third-order valence-corrected chi connectivity index (χ3v) is 3.20. The van der Waals surface area contributed by atoms with Gasteiger partial charge in [0.1, 0.15) is 0 Å². The van der Waals surface area contributed by atoms with Gasteiger partial charge < -0.3 is 15.8 Å². The minimum absolute atomic E-state index is 0.208. The van der Waals surface area contributed by atoms with Crippen molar-refractivity contribution in [3.8, 4) is 0 Å². The number of nitrogens with two attached hydrogens (primary N) is 1. The molecule has 0 aromatic heterocycles. The summed E-state index contributed by atoms with van der Waals surface area (Å²) in [4.78, 5) is 22.8. The first-order valence-corrected chi connectivity index (χ1v) is 6.83. The Morgan fingerprint density at radius 1 is 1.30 bits per heavy atom. The SMILES string of the molecule is COC(=O)CCCCCNC(=O)c1cccc(Cl)c1N. The number of anilines is 1. The van der Waals surface area contributed by atoms with Crippen LogP contribution < -0.4 is 11.1 Å². The Hall–Kier alpha value is -1.75. The van der Waals surface area contributed by atoms with Crippen LogP contribution >= 0.6 is 11.6 Å². The van der Waals surface area contributed by atoms with Gasteiger partial charge in [-0.3, -0.25) is 9.59 Å². The van der Waals surface area contributed by atoms with E-state index in [-0.39, 0.29) is 17.6 Å². The third kappa shape index (κ3) is 5.09. The molecule has 1 aromatic rings. The second-order valence-electron chi connectivity index (χ2n) is 4.34. The van der Waals surface area contributed by atoms with Crippen LogP contribution in [0.3, 0.4) is 0 Å². The van der Waals surface area contributed by atoms with Gasteiger partial charge in [-0.1, -0.05) is 24.1 Å². The number of carbonyl (C=O) groups excluding carboxylic acids is 2. The van der Waals surface area contributed by atoms with Crippen LogP contribution in [0.1, 0.15) is 36.0 Å². The van der Waals surface area contributed by atoms with E-state index in [4.69, 9.17) is 17.3 Å². The summed E-state index contributed by atoms with van der Waals surface area (Å²) in [5.74, 6) is -0.446. The fourth-order valence-electron chi connectivity index (χ4n) is 1.71. The standard InChI is InChI=1S/C14H19ClN2O3/c1-20-12(18)8-3-2-4-9-17-14(19)10-6-5-7-11(15)13(10)16/h5-7H,2-4,8-9,16H2,1H3,(H,17,19). The van der Waals surface area contributed by atoms with Crippen molar-refractivity contribution in [2.45, 2.75) is 25.7 Å². The molecule has 0 aliphatic heterocycles. The van der Waals surface area contributed by atoms with Crippen LogP contribution in [0.4, 0.5) is 5.69 Å². The van der Waals surface area contributed by atoms with Gasteiger partial charge in [0.15, 0.2) is 0 Å². The van der Waals surface area contributed by atoms with Gasteiger partial charge in [-0.05, 0) is 25.0 Å². The maximum atomic E-state index is 11.9. The minimum atomic E-state index is -0.238. The predicted octanol–water partition coefficient (Wildman–Crippen LogP) is 2.39. The normalized spacial score (nSPS) is 10.1. The van der Waals surface area contributed by atoms with E-state index in [2.05, 4.69) is 10.1 Å². The molecule has 3 N–H and O–H groups in total. The first-order valence-electron chi connectivity index (χ1n) is 6.45. The minimum Gasteiger partial charge on any atom is -0.469 e. The monoisotopic (exact) mass is 298 g/mol. The fourth-order valence-corrected chi connectivity index (χ4v) is 1.88. The first-order chi connectivity index (χ1) is 9.56. The summed E-state index contributed by atoms with van der Waals surface area (Å²) in [5.41, 5.74) is 6.41. The van der Waals surface area contributed by atoms with Gasteiger partial charge in [0.05, 0.1) is 23.4 Å². The van der Waals surface area contributed by atoms with Crippen LogP contribution in [0.25, 0.3) is 0 Å². The van der Waals surface area contributed by atoms with Gasteiger partial charge in [0, 0.05) is 13.0 Å². The highest BCUT2D eigenvalue weighted by molar-refractivity contribution is 6.33. The summed E-state index contributed by atoms with van der Waals surface area (Å²) < 4.78 is 4.54. The first kappa shape index (κ1) is 16.3. The molecule has 110 valence electrons. The lowest BCUT2D eigenvalue weighted by Gasteiger charge is -2.08. The molecule has 1 aromatic carbocycles.